The summed E-state index contributed by atoms with van der Waals surface area (Å²) in [5, 5.41) is 0. The van der Waals surface area contributed by atoms with Crippen LogP contribution in [0, 0.1) is 46.3 Å². The molecule has 0 N–H and O–H groups in total. The molecule has 5 rings (SSSR count). The molecule has 8 atom stereocenters. The van der Waals surface area contributed by atoms with Gasteiger partial charge in [0.05, 0.1) is 12.2 Å². The minimum atomic E-state index is -0.872. The van der Waals surface area contributed by atoms with Gasteiger partial charge in [0, 0.05) is 26.9 Å². The summed E-state index contributed by atoms with van der Waals surface area (Å²) < 4.78 is 17.4. The molecule has 0 aromatic rings. The third-order valence-electron chi connectivity index (χ3n) is 12.2. The second-order valence-electron chi connectivity index (χ2n) is 15.7. The van der Waals surface area contributed by atoms with E-state index in [2.05, 4.69) is 40.7 Å². The summed E-state index contributed by atoms with van der Waals surface area (Å²) in [7, 11) is 0. The van der Waals surface area contributed by atoms with Crippen LogP contribution in [-0.2, 0) is 19.0 Å². The van der Waals surface area contributed by atoms with Crippen molar-refractivity contribution in [2.24, 2.45) is 46.3 Å². The zero-order valence-corrected chi connectivity index (χ0v) is 26.7. The lowest BCUT2D eigenvalue weighted by molar-refractivity contribution is -0.206. The Hall–Kier alpha value is -1.29. The lowest BCUT2D eigenvalue weighted by atomic mass is 9.47. The molecule has 5 aliphatic rings. The Kier molecular flexibility index (Phi) is 8.88. The summed E-state index contributed by atoms with van der Waals surface area (Å²) in [4.78, 5) is 11.8. The number of carbonyl (C=O) groups is 1. The number of hydrogen-bond donors (Lipinski definition) is 0. The van der Waals surface area contributed by atoms with Gasteiger partial charge in [-0.05, 0) is 104 Å². The van der Waals surface area contributed by atoms with Crippen LogP contribution in [0.4, 0.5) is 0 Å². The summed E-state index contributed by atoms with van der Waals surface area (Å²) >= 11 is 0. The molecule has 0 spiro atoms. The van der Waals surface area contributed by atoms with Gasteiger partial charge in [0.15, 0.2) is 0 Å². The fourth-order valence-corrected chi connectivity index (χ4v) is 10.2. The number of cyclic esters (lactones) is 1. The Bertz CT molecular complexity index is 977. The van der Waals surface area contributed by atoms with Crippen LogP contribution in [0.5, 0.6) is 0 Å². The van der Waals surface area contributed by atoms with Crippen LogP contribution in [0.2, 0.25) is 0 Å². The lowest BCUT2D eigenvalue weighted by Gasteiger charge is -2.58. The third kappa shape index (κ3) is 6.09. The highest BCUT2D eigenvalue weighted by Gasteiger charge is 2.59. The van der Waals surface area contributed by atoms with E-state index in [1.165, 1.54) is 70.3 Å². The average molecular weight is 555 g/mol. The number of carbonyl (C=O) groups excluding carboxylic acids is 1. The molecule has 4 aliphatic carbocycles. The van der Waals surface area contributed by atoms with Crippen LogP contribution in [-0.4, -0.2) is 24.5 Å². The van der Waals surface area contributed by atoms with Gasteiger partial charge in [-0.1, -0.05) is 65.5 Å². The van der Waals surface area contributed by atoms with Crippen LogP contribution in [0.15, 0.2) is 23.5 Å². The SMILES string of the molecule is CC(C)CCC[C@@H](C)C1CC[C@H]2[C@@H]3CC=C4C[C@@H](OCCCC5=CC(=O)OC(C)(C)O5)CC[C@]4(C)C3CC[C@]12C. The van der Waals surface area contributed by atoms with E-state index in [4.69, 9.17) is 14.2 Å². The van der Waals surface area contributed by atoms with Crippen molar-refractivity contribution >= 4 is 5.97 Å². The smallest absolute Gasteiger partial charge is 0.337 e. The third-order valence-corrected chi connectivity index (χ3v) is 12.2. The highest BCUT2D eigenvalue weighted by Crippen LogP contribution is 2.67. The van der Waals surface area contributed by atoms with Gasteiger partial charge >= 0.3 is 5.97 Å². The Morgan fingerprint density at radius 2 is 1.75 bits per heavy atom. The molecular weight excluding hydrogens is 496 g/mol. The van der Waals surface area contributed by atoms with Crippen LogP contribution >= 0.6 is 0 Å². The van der Waals surface area contributed by atoms with Gasteiger partial charge in [-0.25, -0.2) is 4.79 Å². The first-order chi connectivity index (χ1) is 18.9. The van der Waals surface area contributed by atoms with Gasteiger partial charge in [-0.3, -0.25) is 0 Å². The first-order valence-electron chi connectivity index (χ1n) is 16.8. The maximum Gasteiger partial charge on any atom is 0.337 e. The fraction of sp³-hybridized carbons (Fsp3) is 0.861. The van der Waals surface area contributed by atoms with Crippen LogP contribution in [0.25, 0.3) is 0 Å². The van der Waals surface area contributed by atoms with E-state index in [1.807, 2.05) is 0 Å². The quantitative estimate of drug-likeness (QED) is 0.153. The van der Waals surface area contributed by atoms with Gasteiger partial charge in [-0.15, -0.1) is 0 Å². The van der Waals surface area contributed by atoms with E-state index in [-0.39, 0.29) is 5.97 Å². The largest absolute Gasteiger partial charge is 0.457 e. The van der Waals surface area contributed by atoms with E-state index in [1.54, 1.807) is 19.4 Å². The molecule has 0 saturated heterocycles. The molecule has 2 unspecified atom stereocenters. The number of esters is 1. The van der Waals surface area contributed by atoms with Crippen molar-refractivity contribution in [2.75, 3.05) is 6.61 Å². The molecule has 1 aliphatic heterocycles. The second kappa shape index (κ2) is 11.8. The van der Waals surface area contributed by atoms with Crippen LogP contribution < -0.4 is 0 Å². The highest BCUT2D eigenvalue weighted by atomic mass is 16.7. The molecule has 0 aromatic heterocycles. The van der Waals surface area contributed by atoms with Gasteiger partial charge < -0.3 is 14.2 Å². The van der Waals surface area contributed by atoms with Crippen molar-refractivity contribution in [3.05, 3.63) is 23.5 Å². The van der Waals surface area contributed by atoms with Gasteiger partial charge in [-0.2, -0.15) is 0 Å². The molecule has 0 radical (unpaired) electrons. The highest BCUT2D eigenvalue weighted by molar-refractivity contribution is 5.83. The summed E-state index contributed by atoms with van der Waals surface area (Å²) in [6.07, 6.45) is 21.0. The van der Waals surface area contributed by atoms with Crippen molar-refractivity contribution in [1.82, 2.24) is 0 Å². The van der Waals surface area contributed by atoms with E-state index in [9.17, 15) is 4.79 Å². The zero-order chi connectivity index (χ0) is 28.7. The fourth-order valence-electron chi connectivity index (χ4n) is 10.2. The number of rotatable bonds is 10. The molecule has 0 aromatic carbocycles. The standard InChI is InChI=1S/C36H58O4/c1-24(2)10-8-11-25(3)30-15-16-31-29-14-13-26-22-27(17-19-35(26,6)32(29)18-20-36(30,31)7)38-21-9-12-28-23-33(37)40-34(4,5)39-28/h13,23-25,27,29-32H,8-12,14-22H2,1-7H3/t25-,27+,29+,30?,31+,32?,35+,36-/m1/s1. The zero-order valence-electron chi connectivity index (χ0n) is 26.7. The molecule has 0 amide bonds. The Morgan fingerprint density at radius 1 is 0.950 bits per heavy atom. The van der Waals surface area contributed by atoms with Crippen molar-refractivity contribution in [3.8, 4) is 0 Å². The topological polar surface area (TPSA) is 44.8 Å². The second-order valence-corrected chi connectivity index (χ2v) is 15.7. The Balaban J connectivity index is 1.15. The van der Waals surface area contributed by atoms with Crippen LogP contribution in [0.3, 0.4) is 0 Å². The number of ether oxygens (including phenoxy) is 3. The number of allylic oxidation sites excluding steroid dienone is 2. The molecule has 3 fully saturated rings. The lowest BCUT2D eigenvalue weighted by Crippen LogP contribution is -2.51. The maximum absolute atomic E-state index is 11.8. The molecule has 0 bridgehead atoms. The predicted octanol–water partition coefficient (Wildman–Crippen LogP) is 9.39. The van der Waals surface area contributed by atoms with E-state index in [0.29, 0.717) is 35.7 Å². The van der Waals surface area contributed by atoms with E-state index < -0.39 is 5.79 Å². The van der Waals surface area contributed by atoms with Gasteiger partial charge in [0.25, 0.3) is 0 Å². The van der Waals surface area contributed by atoms with E-state index >= 15 is 0 Å². The summed E-state index contributed by atoms with van der Waals surface area (Å²) in [5.41, 5.74) is 2.63. The maximum atomic E-state index is 11.8. The molecule has 4 nitrogen and oxygen atoms in total. The van der Waals surface area contributed by atoms with Crippen molar-refractivity contribution < 1.29 is 19.0 Å². The molecule has 226 valence electrons. The molecular formula is C36H58O4. The number of hydrogen-bond acceptors (Lipinski definition) is 4. The molecule has 4 heteroatoms. The van der Waals surface area contributed by atoms with Crippen molar-refractivity contribution in [2.45, 2.75) is 144 Å². The summed E-state index contributed by atoms with van der Waals surface area (Å²) in [6.45, 7) is 16.9. The number of fused-ring (bicyclic) bond motifs is 5. The predicted molar refractivity (Wildman–Crippen MR) is 161 cm³/mol. The van der Waals surface area contributed by atoms with Crippen molar-refractivity contribution in [3.63, 3.8) is 0 Å². The molecule has 40 heavy (non-hydrogen) atoms. The van der Waals surface area contributed by atoms with Crippen LogP contribution in [0.1, 0.15) is 132 Å². The summed E-state index contributed by atoms with van der Waals surface area (Å²) in [5.74, 6) is 4.84. The normalized spacial score (nSPS) is 39.3. The minimum absolute atomic E-state index is 0.312. The van der Waals surface area contributed by atoms with Crippen molar-refractivity contribution in [1.29, 1.82) is 0 Å². The Labute approximate surface area is 245 Å². The Morgan fingerprint density at radius 3 is 2.50 bits per heavy atom. The van der Waals surface area contributed by atoms with Gasteiger partial charge in [0.1, 0.15) is 5.76 Å². The molecule has 3 saturated carbocycles. The average Bonchev–Trinajstić information content (AvgIpc) is 3.22. The summed E-state index contributed by atoms with van der Waals surface area (Å²) in [6, 6.07) is 0. The first-order valence-corrected chi connectivity index (χ1v) is 16.8. The van der Waals surface area contributed by atoms with E-state index in [0.717, 1.165) is 48.3 Å². The molecule has 1 heterocycles. The minimum Gasteiger partial charge on any atom is -0.457 e. The first kappa shape index (κ1) is 30.2. The monoisotopic (exact) mass is 554 g/mol. The van der Waals surface area contributed by atoms with Gasteiger partial charge in [0.2, 0.25) is 5.79 Å².